The Kier molecular flexibility index (Phi) is 3.49. The van der Waals surface area contributed by atoms with Gasteiger partial charge in [-0.2, -0.15) is 0 Å². The van der Waals surface area contributed by atoms with Crippen molar-refractivity contribution in [1.29, 1.82) is 0 Å². The normalized spacial score (nSPS) is 11.1. The van der Waals surface area contributed by atoms with Crippen molar-refractivity contribution < 1.29 is 8.91 Å². The lowest BCUT2D eigenvalue weighted by Gasteiger charge is -2.03. The van der Waals surface area contributed by atoms with E-state index in [1.165, 1.54) is 6.07 Å². The van der Waals surface area contributed by atoms with Crippen molar-refractivity contribution in [1.82, 2.24) is 15.5 Å². The van der Waals surface area contributed by atoms with Crippen LogP contribution < -0.4 is 5.32 Å². The first kappa shape index (κ1) is 11.7. The van der Waals surface area contributed by atoms with Crippen LogP contribution in [0.4, 0.5) is 4.39 Å². The maximum absolute atomic E-state index is 13.0. The Hall–Kier alpha value is -1.75. The van der Waals surface area contributed by atoms with Gasteiger partial charge in [-0.1, -0.05) is 19.0 Å². The number of hydrogen-bond acceptors (Lipinski definition) is 4. The summed E-state index contributed by atoms with van der Waals surface area (Å²) >= 11 is 0. The van der Waals surface area contributed by atoms with Gasteiger partial charge in [-0.05, 0) is 6.07 Å². The van der Waals surface area contributed by atoms with Gasteiger partial charge < -0.3 is 9.84 Å². The number of aromatic nitrogens is 2. The van der Waals surface area contributed by atoms with E-state index in [-0.39, 0.29) is 5.82 Å². The molecule has 2 rings (SSSR count). The summed E-state index contributed by atoms with van der Waals surface area (Å²) in [6.45, 7) is 4.74. The lowest BCUT2D eigenvalue weighted by Crippen LogP contribution is -2.21. The molecule has 0 fully saturated rings. The van der Waals surface area contributed by atoms with Crippen LogP contribution in [0.15, 0.2) is 29.0 Å². The zero-order chi connectivity index (χ0) is 12.3. The lowest BCUT2D eigenvalue weighted by molar-refractivity contribution is 0.417. The average molecular weight is 235 g/mol. The Bertz CT molecular complexity index is 496. The number of pyridine rings is 1. The van der Waals surface area contributed by atoms with E-state index in [9.17, 15) is 4.39 Å². The highest BCUT2D eigenvalue weighted by atomic mass is 19.1. The van der Waals surface area contributed by atoms with E-state index in [0.29, 0.717) is 23.9 Å². The molecular weight excluding hydrogens is 221 g/mol. The van der Waals surface area contributed by atoms with Gasteiger partial charge in [-0.15, -0.1) is 0 Å². The van der Waals surface area contributed by atoms with Gasteiger partial charge in [-0.3, -0.25) is 4.98 Å². The van der Waals surface area contributed by atoms with Crippen LogP contribution in [0.3, 0.4) is 0 Å². The molecule has 0 saturated carbocycles. The van der Waals surface area contributed by atoms with E-state index < -0.39 is 0 Å². The van der Waals surface area contributed by atoms with Crippen molar-refractivity contribution in [3.8, 4) is 11.3 Å². The molecule has 2 aromatic heterocycles. The first-order valence-corrected chi connectivity index (χ1v) is 5.45. The molecule has 0 aliphatic heterocycles. The number of nitrogens with one attached hydrogen (secondary N) is 1. The summed E-state index contributed by atoms with van der Waals surface area (Å²) in [5, 5.41) is 7.13. The fraction of sp³-hybridized carbons (Fsp3) is 0.333. The van der Waals surface area contributed by atoms with Crippen LogP contribution in [0, 0.1) is 5.82 Å². The van der Waals surface area contributed by atoms with Crippen LogP contribution in [0.2, 0.25) is 0 Å². The summed E-state index contributed by atoms with van der Waals surface area (Å²) in [6, 6.07) is 3.53. The minimum atomic E-state index is -0.388. The fourth-order valence-corrected chi connectivity index (χ4v) is 1.39. The summed E-state index contributed by atoms with van der Waals surface area (Å²) in [4.78, 5) is 3.77. The second-order valence-electron chi connectivity index (χ2n) is 4.11. The Labute approximate surface area is 98.8 Å². The molecule has 0 spiro atoms. The van der Waals surface area contributed by atoms with E-state index in [0.717, 1.165) is 11.9 Å². The molecule has 0 atom stereocenters. The smallest absolute Gasteiger partial charge is 0.168 e. The van der Waals surface area contributed by atoms with Gasteiger partial charge in [0, 0.05) is 30.4 Å². The maximum Gasteiger partial charge on any atom is 0.168 e. The highest BCUT2D eigenvalue weighted by Crippen LogP contribution is 2.19. The molecule has 4 nitrogen and oxygen atoms in total. The molecule has 2 aromatic rings. The van der Waals surface area contributed by atoms with Crippen molar-refractivity contribution in [3.63, 3.8) is 0 Å². The molecule has 0 radical (unpaired) electrons. The molecular formula is C12H14FN3O. The largest absolute Gasteiger partial charge is 0.356 e. The second kappa shape index (κ2) is 5.05. The summed E-state index contributed by atoms with van der Waals surface area (Å²) in [5.41, 5.74) is 1.38. The van der Waals surface area contributed by atoms with Gasteiger partial charge >= 0.3 is 0 Å². The van der Waals surface area contributed by atoms with E-state index in [4.69, 9.17) is 4.52 Å². The van der Waals surface area contributed by atoms with Crippen LogP contribution in [-0.4, -0.2) is 16.2 Å². The van der Waals surface area contributed by atoms with Crippen LogP contribution in [0.25, 0.3) is 11.3 Å². The van der Waals surface area contributed by atoms with Crippen molar-refractivity contribution in [2.24, 2.45) is 0 Å². The van der Waals surface area contributed by atoms with Crippen LogP contribution in [0.5, 0.6) is 0 Å². The third-order valence-electron chi connectivity index (χ3n) is 2.24. The van der Waals surface area contributed by atoms with E-state index in [2.05, 4.69) is 29.3 Å². The molecule has 0 bridgehead atoms. The first-order valence-electron chi connectivity index (χ1n) is 5.45. The highest BCUT2D eigenvalue weighted by molar-refractivity contribution is 5.55. The third-order valence-corrected chi connectivity index (χ3v) is 2.24. The van der Waals surface area contributed by atoms with Gasteiger partial charge in [0.2, 0.25) is 0 Å². The summed E-state index contributed by atoms with van der Waals surface area (Å²) in [7, 11) is 0. The topological polar surface area (TPSA) is 51.0 Å². The Morgan fingerprint density at radius 2 is 2.18 bits per heavy atom. The zero-order valence-electron chi connectivity index (χ0n) is 9.77. The third kappa shape index (κ3) is 3.10. The minimum Gasteiger partial charge on any atom is -0.356 e. The number of nitrogens with zero attached hydrogens (tertiary/aromatic N) is 2. The van der Waals surface area contributed by atoms with Crippen molar-refractivity contribution in [2.75, 3.05) is 0 Å². The maximum atomic E-state index is 13.0. The molecule has 1 N–H and O–H groups in total. The van der Waals surface area contributed by atoms with Crippen LogP contribution in [0.1, 0.15) is 19.5 Å². The van der Waals surface area contributed by atoms with Crippen molar-refractivity contribution in [2.45, 2.75) is 26.4 Å². The summed E-state index contributed by atoms with van der Waals surface area (Å²) in [5.74, 6) is 0.137. The van der Waals surface area contributed by atoms with Gasteiger partial charge in [0.15, 0.2) is 5.76 Å². The Balaban J connectivity index is 2.12. The highest BCUT2D eigenvalue weighted by Gasteiger charge is 2.08. The quantitative estimate of drug-likeness (QED) is 0.883. The molecule has 0 aliphatic carbocycles. The Morgan fingerprint density at radius 3 is 2.88 bits per heavy atom. The number of hydrogen-bond donors (Lipinski definition) is 1. The van der Waals surface area contributed by atoms with E-state index in [1.807, 2.05) is 0 Å². The molecule has 0 amide bonds. The minimum absolute atomic E-state index is 0.381. The predicted molar refractivity (Wildman–Crippen MR) is 61.7 cm³/mol. The monoisotopic (exact) mass is 235 g/mol. The molecule has 0 aliphatic rings. The van der Waals surface area contributed by atoms with Crippen LogP contribution >= 0.6 is 0 Å². The molecule has 2 heterocycles. The fourth-order valence-electron chi connectivity index (χ4n) is 1.39. The van der Waals surface area contributed by atoms with Gasteiger partial charge in [0.05, 0.1) is 11.9 Å². The second-order valence-corrected chi connectivity index (χ2v) is 4.11. The lowest BCUT2D eigenvalue weighted by atomic mass is 10.2. The van der Waals surface area contributed by atoms with Gasteiger partial charge in [0.25, 0.3) is 0 Å². The molecule has 5 heteroatoms. The summed E-state index contributed by atoms with van der Waals surface area (Å²) < 4.78 is 18.1. The zero-order valence-corrected chi connectivity index (χ0v) is 9.77. The Morgan fingerprint density at radius 1 is 1.35 bits per heavy atom. The molecule has 90 valence electrons. The SMILES string of the molecule is CC(C)NCc1cc(-c2cncc(F)c2)on1. The average Bonchev–Trinajstić information content (AvgIpc) is 2.75. The standard InChI is InChI=1S/C12H14FN3O/c1-8(2)15-7-11-4-12(17-16-11)9-3-10(13)6-14-5-9/h3-6,8,15H,7H2,1-2H3. The molecule has 0 unspecified atom stereocenters. The number of rotatable bonds is 4. The summed E-state index contributed by atoms with van der Waals surface area (Å²) in [6.07, 6.45) is 2.70. The van der Waals surface area contributed by atoms with Crippen LogP contribution in [-0.2, 0) is 6.54 Å². The van der Waals surface area contributed by atoms with Crippen molar-refractivity contribution >= 4 is 0 Å². The molecule has 0 aromatic carbocycles. The van der Waals surface area contributed by atoms with Gasteiger partial charge in [-0.25, -0.2) is 4.39 Å². The first-order chi connectivity index (χ1) is 8.15. The van der Waals surface area contributed by atoms with Gasteiger partial charge in [0.1, 0.15) is 5.82 Å². The predicted octanol–water partition coefficient (Wildman–Crippen LogP) is 2.37. The van der Waals surface area contributed by atoms with E-state index in [1.54, 1.807) is 12.3 Å². The molecule has 0 saturated heterocycles. The van der Waals surface area contributed by atoms with E-state index >= 15 is 0 Å². The van der Waals surface area contributed by atoms with Crippen molar-refractivity contribution in [3.05, 3.63) is 36.0 Å². The molecule has 17 heavy (non-hydrogen) atoms. The number of halogens is 1.